The van der Waals surface area contributed by atoms with Gasteiger partial charge in [-0.15, -0.1) is 12.4 Å². The maximum absolute atomic E-state index is 13.3. The molecule has 1 aromatic rings. The van der Waals surface area contributed by atoms with Crippen molar-refractivity contribution in [2.75, 3.05) is 18.4 Å². The summed E-state index contributed by atoms with van der Waals surface area (Å²) in [5.74, 6) is -0.939. The van der Waals surface area contributed by atoms with E-state index in [0.29, 0.717) is 0 Å². The Labute approximate surface area is 105 Å². The van der Waals surface area contributed by atoms with Crippen molar-refractivity contribution >= 4 is 24.1 Å². The zero-order chi connectivity index (χ0) is 11.5. The molecule has 0 aromatic heterocycles. The Morgan fingerprint density at radius 2 is 1.88 bits per heavy atom. The van der Waals surface area contributed by atoms with E-state index in [2.05, 4.69) is 5.32 Å². The van der Waals surface area contributed by atoms with Crippen LogP contribution in [0, 0.1) is 17.0 Å². The zero-order valence-electron chi connectivity index (χ0n) is 9.17. The average molecular weight is 262 g/mol. The number of likely N-dealkylation sites (tertiary alicyclic amines) is 1. The lowest BCUT2D eigenvalue weighted by atomic mass is 10.3. The van der Waals surface area contributed by atoms with Crippen molar-refractivity contribution in [1.29, 1.82) is 5.41 Å². The number of anilines is 1. The minimum atomic E-state index is -0.551. The first-order chi connectivity index (χ1) is 7.66. The van der Waals surface area contributed by atoms with Crippen molar-refractivity contribution in [3.05, 3.63) is 29.8 Å². The molecule has 1 aliphatic rings. The molecule has 0 atom stereocenters. The quantitative estimate of drug-likeness (QED) is 0.603. The largest absolute Gasteiger partial charge is 0.343 e. The number of nitrogens with zero attached hydrogens (tertiary/aromatic N) is 1. The summed E-state index contributed by atoms with van der Waals surface area (Å²) < 4.78 is 26.2. The Bertz CT molecular complexity index is 406. The minimum Gasteiger partial charge on any atom is -0.343 e. The standard InChI is InChI=1S/C11H13F2N3.ClH/c12-8-3-4-9(13)10(7-8)15-11(14)16-5-1-2-6-16;/h3-4,7H,1-2,5-6H2,(H2,14,15);1H. The highest BCUT2D eigenvalue weighted by Gasteiger charge is 2.16. The van der Waals surface area contributed by atoms with Crippen LogP contribution in [0.3, 0.4) is 0 Å². The van der Waals surface area contributed by atoms with Crippen molar-refractivity contribution in [3.63, 3.8) is 0 Å². The fourth-order valence-corrected chi connectivity index (χ4v) is 1.74. The van der Waals surface area contributed by atoms with E-state index >= 15 is 0 Å². The van der Waals surface area contributed by atoms with Crippen LogP contribution in [-0.4, -0.2) is 23.9 Å². The van der Waals surface area contributed by atoms with Gasteiger partial charge in [0.1, 0.15) is 11.6 Å². The first-order valence-electron chi connectivity index (χ1n) is 5.22. The van der Waals surface area contributed by atoms with Gasteiger partial charge < -0.3 is 10.2 Å². The van der Waals surface area contributed by atoms with Crippen molar-refractivity contribution in [2.24, 2.45) is 0 Å². The van der Waals surface area contributed by atoms with E-state index in [9.17, 15) is 8.78 Å². The first kappa shape index (κ1) is 13.7. The van der Waals surface area contributed by atoms with Gasteiger partial charge in [0, 0.05) is 19.2 Å². The second-order valence-corrected chi connectivity index (χ2v) is 3.79. The third-order valence-electron chi connectivity index (χ3n) is 2.60. The van der Waals surface area contributed by atoms with Gasteiger partial charge in [0.25, 0.3) is 0 Å². The Kier molecular flexibility index (Phi) is 4.69. The first-order valence-corrected chi connectivity index (χ1v) is 5.22. The summed E-state index contributed by atoms with van der Waals surface area (Å²) in [6.45, 7) is 1.59. The highest BCUT2D eigenvalue weighted by molar-refractivity contribution is 5.91. The Hall–Kier alpha value is -1.36. The van der Waals surface area contributed by atoms with Gasteiger partial charge >= 0.3 is 0 Å². The highest BCUT2D eigenvalue weighted by atomic mass is 35.5. The lowest BCUT2D eigenvalue weighted by Crippen LogP contribution is -2.33. The molecule has 1 saturated heterocycles. The molecule has 94 valence electrons. The SMILES string of the molecule is Cl.N=C(Nc1cc(F)ccc1F)N1CCCC1. The number of nitrogens with one attached hydrogen (secondary N) is 2. The van der Waals surface area contributed by atoms with E-state index in [1.54, 1.807) is 0 Å². The summed E-state index contributed by atoms with van der Waals surface area (Å²) in [6, 6.07) is 3.16. The van der Waals surface area contributed by atoms with Gasteiger partial charge in [-0.3, -0.25) is 5.41 Å². The van der Waals surface area contributed by atoms with Gasteiger partial charge in [-0.1, -0.05) is 0 Å². The summed E-state index contributed by atoms with van der Waals surface area (Å²) in [6.07, 6.45) is 2.07. The van der Waals surface area contributed by atoms with Crippen molar-refractivity contribution in [1.82, 2.24) is 4.90 Å². The van der Waals surface area contributed by atoms with Crippen LogP contribution in [0.25, 0.3) is 0 Å². The molecule has 3 nitrogen and oxygen atoms in total. The summed E-state index contributed by atoms with van der Waals surface area (Å²) in [5, 5.41) is 10.3. The predicted octanol–water partition coefficient (Wildman–Crippen LogP) is 2.83. The Morgan fingerprint density at radius 3 is 2.53 bits per heavy atom. The molecule has 1 aliphatic heterocycles. The molecule has 6 heteroatoms. The average Bonchev–Trinajstić information content (AvgIpc) is 2.76. The number of guanidine groups is 1. The van der Waals surface area contributed by atoms with Gasteiger partial charge in [-0.2, -0.15) is 0 Å². The summed E-state index contributed by atoms with van der Waals surface area (Å²) >= 11 is 0. The molecule has 17 heavy (non-hydrogen) atoms. The van der Waals surface area contributed by atoms with Crippen molar-refractivity contribution in [3.8, 4) is 0 Å². The maximum atomic E-state index is 13.3. The van der Waals surface area contributed by atoms with Gasteiger partial charge in [-0.25, -0.2) is 8.78 Å². The minimum absolute atomic E-state index is 0. The van der Waals surface area contributed by atoms with E-state index in [0.717, 1.165) is 44.1 Å². The normalized spacial score (nSPS) is 14.4. The van der Waals surface area contributed by atoms with Crippen LogP contribution < -0.4 is 5.32 Å². The monoisotopic (exact) mass is 261 g/mol. The maximum Gasteiger partial charge on any atom is 0.195 e. The fourth-order valence-electron chi connectivity index (χ4n) is 1.74. The molecule has 1 aromatic carbocycles. The third kappa shape index (κ3) is 3.30. The summed E-state index contributed by atoms with van der Waals surface area (Å²) in [4.78, 5) is 1.81. The van der Waals surface area contributed by atoms with E-state index in [-0.39, 0.29) is 24.1 Å². The van der Waals surface area contributed by atoms with Gasteiger partial charge in [-0.05, 0) is 25.0 Å². The molecule has 0 radical (unpaired) electrons. The second-order valence-electron chi connectivity index (χ2n) is 3.79. The van der Waals surface area contributed by atoms with Gasteiger partial charge in [0.15, 0.2) is 5.96 Å². The zero-order valence-corrected chi connectivity index (χ0v) is 9.99. The van der Waals surface area contributed by atoms with E-state index in [1.807, 2.05) is 4.90 Å². The molecule has 0 amide bonds. The van der Waals surface area contributed by atoms with E-state index < -0.39 is 11.6 Å². The lowest BCUT2D eigenvalue weighted by Gasteiger charge is -2.19. The molecule has 2 N–H and O–H groups in total. The molecule has 0 spiro atoms. The smallest absolute Gasteiger partial charge is 0.195 e. The van der Waals surface area contributed by atoms with Crippen molar-refractivity contribution in [2.45, 2.75) is 12.8 Å². The lowest BCUT2D eigenvalue weighted by molar-refractivity contribution is 0.513. The van der Waals surface area contributed by atoms with Crippen LogP contribution in [0.2, 0.25) is 0 Å². The summed E-state index contributed by atoms with van der Waals surface area (Å²) in [7, 11) is 0. The highest BCUT2D eigenvalue weighted by Crippen LogP contribution is 2.16. The molecule has 2 rings (SSSR count). The Morgan fingerprint density at radius 1 is 1.24 bits per heavy atom. The van der Waals surface area contributed by atoms with Crippen LogP contribution in [-0.2, 0) is 0 Å². The van der Waals surface area contributed by atoms with E-state index in [1.165, 1.54) is 0 Å². The predicted molar refractivity (Wildman–Crippen MR) is 65.8 cm³/mol. The molecular weight excluding hydrogens is 248 g/mol. The van der Waals surface area contributed by atoms with E-state index in [4.69, 9.17) is 5.41 Å². The van der Waals surface area contributed by atoms with Crippen LogP contribution in [0.15, 0.2) is 18.2 Å². The van der Waals surface area contributed by atoms with Crippen molar-refractivity contribution < 1.29 is 8.78 Å². The molecule has 0 unspecified atom stereocenters. The van der Waals surface area contributed by atoms with Gasteiger partial charge in [0.2, 0.25) is 0 Å². The van der Waals surface area contributed by atoms with Crippen LogP contribution >= 0.6 is 12.4 Å². The number of benzene rings is 1. The molecule has 0 saturated carbocycles. The molecular formula is C11H14ClF2N3. The molecule has 0 aliphatic carbocycles. The number of rotatable bonds is 1. The van der Waals surface area contributed by atoms with Crippen LogP contribution in [0.5, 0.6) is 0 Å². The number of hydrogen-bond acceptors (Lipinski definition) is 1. The number of hydrogen-bond donors (Lipinski definition) is 2. The number of halogens is 3. The van der Waals surface area contributed by atoms with Gasteiger partial charge in [0.05, 0.1) is 5.69 Å². The van der Waals surface area contributed by atoms with Crippen LogP contribution in [0.4, 0.5) is 14.5 Å². The summed E-state index contributed by atoms with van der Waals surface area (Å²) in [5.41, 5.74) is 0.0110. The fraction of sp³-hybridized carbons (Fsp3) is 0.364. The second kappa shape index (κ2) is 5.82. The third-order valence-corrected chi connectivity index (χ3v) is 2.60. The molecule has 1 fully saturated rings. The topological polar surface area (TPSA) is 39.1 Å². The Balaban J connectivity index is 0.00000144. The molecule has 0 bridgehead atoms. The molecule has 1 heterocycles. The van der Waals surface area contributed by atoms with Crippen LogP contribution in [0.1, 0.15) is 12.8 Å².